The lowest BCUT2D eigenvalue weighted by atomic mass is 10.1. The van der Waals surface area contributed by atoms with Crippen molar-refractivity contribution in [1.29, 1.82) is 0 Å². The number of hydrogen-bond donors (Lipinski definition) is 0. The van der Waals surface area contributed by atoms with Crippen LogP contribution in [0.2, 0.25) is 0 Å². The molecule has 1 aromatic carbocycles. The van der Waals surface area contributed by atoms with Crippen molar-refractivity contribution in [3.05, 3.63) is 28.2 Å². The van der Waals surface area contributed by atoms with Crippen LogP contribution in [0.25, 0.3) is 0 Å². The molecule has 0 saturated heterocycles. The van der Waals surface area contributed by atoms with Gasteiger partial charge >= 0.3 is 0 Å². The molecule has 0 aliphatic rings. The fraction of sp³-hybridized carbons (Fsp3) is 0.500. The third-order valence-electron chi connectivity index (χ3n) is 2.37. The molecule has 0 bridgehead atoms. The number of alkyl halides is 1. The lowest BCUT2D eigenvalue weighted by Gasteiger charge is -2.12. The third-order valence-corrected chi connectivity index (χ3v) is 3.64. The van der Waals surface area contributed by atoms with Gasteiger partial charge in [-0.25, -0.2) is 0 Å². The van der Waals surface area contributed by atoms with Crippen LogP contribution >= 0.6 is 31.9 Å². The van der Waals surface area contributed by atoms with E-state index in [1.54, 1.807) is 0 Å². The molecule has 0 aliphatic carbocycles. The first-order valence-electron chi connectivity index (χ1n) is 5.14. The Hall–Kier alpha value is -0.0200. The zero-order valence-electron chi connectivity index (χ0n) is 9.09. The van der Waals surface area contributed by atoms with Crippen LogP contribution in [-0.2, 0) is 5.33 Å². The van der Waals surface area contributed by atoms with E-state index in [-0.39, 0.29) is 0 Å². The van der Waals surface area contributed by atoms with Crippen LogP contribution in [0.15, 0.2) is 22.7 Å². The van der Waals surface area contributed by atoms with Crippen LogP contribution in [0.5, 0.6) is 5.75 Å². The van der Waals surface area contributed by atoms with Gasteiger partial charge in [-0.2, -0.15) is 0 Å². The van der Waals surface area contributed by atoms with Gasteiger partial charge in [0.05, 0.1) is 11.1 Å². The van der Waals surface area contributed by atoms with E-state index in [1.807, 2.05) is 6.07 Å². The number of ether oxygens (including phenoxy) is 1. The maximum atomic E-state index is 5.73. The second kappa shape index (κ2) is 6.54. The van der Waals surface area contributed by atoms with Crippen molar-refractivity contribution in [2.75, 3.05) is 6.61 Å². The summed E-state index contributed by atoms with van der Waals surface area (Å²) in [5.41, 5.74) is 1.25. The molecule has 1 nitrogen and oxygen atoms in total. The van der Waals surface area contributed by atoms with E-state index >= 15 is 0 Å². The maximum Gasteiger partial charge on any atom is 0.133 e. The molecule has 0 fully saturated rings. The van der Waals surface area contributed by atoms with Gasteiger partial charge in [0.2, 0.25) is 0 Å². The first-order valence-corrected chi connectivity index (χ1v) is 7.06. The molecule has 15 heavy (non-hydrogen) atoms. The minimum atomic E-state index is 0.604. The molecule has 0 radical (unpaired) electrons. The Balaban J connectivity index is 2.62. The minimum absolute atomic E-state index is 0.604. The second-order valence-corrected chi connectivity index (χ2v) is 5.14. The maximum absolute atomic E-state index is 5.73. The van der Waals surface area contributed by atoms with Crippen molar-refractivity contribution in [1.82, 2.24) is 0 Å². The molecule has 84 valence electrons. The summed E-state index contributed by atoms with van der Waals surface area (Å²) in [6.07, 6.45) is 1.15. The van der Waals surface area contributed by atoms with Crippen molar-refractivity contribution in [3.8, 4) is 5.75 Å². The van der Waals surface area contributed by atoms with Crippen LogP contribution in [0.1, 0.15) is 25.8 Å². The first-order chi connectivity index (χ1) is 7.17. The highest BCUT2D eigenvalue weighted by Gasteiger charge is 2.04. The van der Waals surface area contributed by atoms with E-state index < -0.39 is 0 Å². The molecule has 0 saturated carbocycles. The van der Waals surface area contributed by atoms with Crippen molar-refractivity contribution in [2.24, 2.45) is 5.92 Å². The highest BCUT2D eigenvalue weighted by molar-refractivity contribution is 9.10. The zero-order valence-corrected chi connectivity index (χ0v) is 12.3. The molecule has 0 aliphatic heterocycles. The van der Waals surface area contributed by atoms with Crippen molar-refractivity contribution >= 4 is 31.9 Å². The van der Waals surface area contributed by atoms with Crippen molar-refractivity contribution in [2.45, 2.75) is 25.6 Å². The van der Waals surface area contributed by atoms with Crippen molar-refractivity contribution < 1.29 is 4.74 Å². The summed E-state index contributed by atoms with van der Waals surface area (Å²) in [4.78, 5) is 0. The first kappa shape index (κ1) is 13.0. The van der Waals surface area contributed by atoms with E-state index in [4.69, 9.17) is 4.74 Å². The highest BCUT2D eigenvalue weighted by atomic mass is 79.9. The summed E-state index contributed by atoms with van der Waals surface area (Å²) in [5.74, 6) is 1.53. The number of halogens is 2. The largest absolute Gasteiger partial charge is 0.492 e. The van der Waals surface area contributed by atoms with Gasteiger partial charge in [-0.15, -0.1) is 0 Å². The van der Waals surface area contributed by atoms with E-state index in [9.17, 15) is 0 Å². The summed E-state index contributed by atoms with van der Waals surface area (Å²) in [5, 5.41) is 0.872. The lowest BCUT2D eigenvalue weighted by Crippen LogP contribution is -2.07. The summed E-state index contributed by atoms with van der Waals surface area (Å²) in [7, 11) is 0. The van der Waals surface area contributed by atoms with E-state index in [0.29, 0.717) is 5.92 Å². The molecular weight excluding hydrogens is 320 g/mol. The lowest BCUT2D eigenvalue weighted by molar-refractivity contribution is 0.255. The fourth-order valence-electron chi connectivity index (χ4n) is 1.09. The normalized spacial score (nSPS) is 12.5. The summed E-state index contributed by atoms with van der Waals surface area (Å²) < 4.78 is 6.76. The van der Waals surface area contributed by atoms with Gasteiger partial charge in [-0.05, 0) is 39.5 Å². The Morgan fingerprint density at radius 3 is 2.67 bits per heavy atom. The summed E-state index contributed by atoms with van der Waals surface area (Å²) >= 11 is 6.94. The molecule has 1 aromatic rings. The predicted octanol–water partition coefficient (Wildman–Crippen LogP) is 4.77. The van der Waals surface area contributed by atoms with Crippen LogP contribution in [0.3, 0.4) is 0 Å². The number of benzene rings is 1. The SMILES string of the molecule is CCC(C)COc1ccc(CBr)cc1Br. The van der Waals surface area contributed by atoms with Crippen LogP contribution in [0.4, 0.5) is 0 Å². The van der Waals surface area contributed by atoms with Crippen LogP contribution in [0, 0.1) is 5.92 Å². The quantitative estimate of drug-likeness (QED) is 0.704. The van der Waals surface area contributed by atoms with Gasteiger partial charge in [-0.1, -0.05) is 42.3 Å². The fourth-order valence-corrected chi connectivity index (χ4v) is 1.98. The zero-order chi connectivity index (χ0) is 11.3. The molecule has 0 heterocycles. The standard InChI is InChI=1S/C12H16Br2O/c1-3-9(2)8-15-12-5-4-10(7-13)6-11(12)14/h4-6,9H,3,7-8H2,1-2H3. The van der Waals surface area contributed by atoms with E-state index in [2.05, 4.69) is 57.8 Å². The Bertz CT molecular complexity index is 312. The van der Waals surface area contributed by atoms with Gasteiger partial charge in [0.1, 0.15) is 5.75 Å². The Labute approximate surface area is 108 Å². The van der Waals surface area contributed by atoms with Crippen LogP contribution < -0.4 is 4.74 Å². The molecule has 0 N–H and O–H groups in total. The molecule has 0 amide bonds. The Morgan fingerprint density at radius 1 is 1.40 bits per heavy atom. The summed E-state index contributed by atoms with van der Waals surface area (Å²) in [6.45, 7) is 5.15. The monoisotopic (exact) mass is 334 g/mol. The average Bonchev–Trinajstić information content (AvgIpc) is 2.26. The Kier molecular flexibility index (Phi) is 5.69. The van der Waals surface area contributed by atoms with Gasteiger partial charge in [0.15, 0.2) is 0 Å². The second-order valence-electron chi connectivity index (χ2n) is 3.72. The number of hydrogen-bond acceptors (Lipinski definition) is 1. The molecule has 1 rings (SSSR count). The van der Waals surface area contributed by atoms with E-state index in [0.717, 1.165) is 28.6 Å². The van der Waals surface area contributed by atoms with Gasteiger partial charge in [-0.3, -0.25) is 0 Å². The third kappa shape index (κ3) is 4.15. The van der Waals surface area contributed by atoms with Crippen molar-refractivity contribution in [3.63, 3.8) is 0 Å². The smallest absolute Gasteiger partial charge is 0.133 e. The minimum Gasteiger partial charge on any atom is -0.492 e. The topological polar surface area (TPSA) is 9.23 Å². The average molecular weight is 336 g/mol. The van der Waals surface area contributed by atoms with Gasteiger partial charge < -0.3 is 4.74 Å². The van der Waals surface area contributed by atoms with Gasteiger partial charge in [0.25, 0.3) is 0 Å². The van der Waals surface area contributed by atoms with Gasteiger partial charge in [0, 0.05) is 5.33 Å². The van der Waals surface area contributed by atoms with Crippen LogP contribution in [-0.4, -0.2) is 6.61 Å². The molecule has 3 heteroatoms. The molecule has 0 aromatic heterocycles. The summed E-state index contributed by atoms with van der Waals surface area (Å²) in [6, 6.07) is 6.18. The molecule has 0 spiro atoms. The predicted molar refractivity (Wildman–Crippen MR) is 71.7 cm³/mol. The van der Waals surface area contributed by atoms with E-state index in [1.165, 1.54) is 5.56 Å². The molecular formula is C12H16Br2O. The number of rotatable bonds is 5. The molecule has 1 atom stereocenters. The Morgan fingerprint density at radius 2 is 2.13 bits per heavy atom. The highest BCUT2D eigenvalue weighted by Crippen LogP contribution is 2.27. The molecule has 1 unspecified atom stereocenters.